The molecule has 5 heterocycles. The molecule has 0 radical (unpaired) electrons. The number of piperazine rings is 1. The van der Waals surface area contributed by atoms with E-state index in [9.17, 15) is 14.7 Å². The molecule has 3 fully saturated rings. The normalized spacial score (nSPS) is 23.3. The molecule has 0 aromatic heterocycles. The first kappa shape index (κ1) is 47.0. The summed E-state index contributed by atoms with van der Waals surface area (Å²) in [5.74, 6) is 2.16. The number of aliphatic hydroxyl groups excluding tert-OH is 1. The van der Waals surface area contributed by atoms with Gasteiger partial charge in [-0.15, -0.1) is 0 Å². The number of rotatable bonds is 12. The number of benzene rings is 5. The highest BCUT2D eigenvalue weighted by atomic mass is 16.7. The van der Waals surface area contributed by atoms with Gasteiger partial charge >= 0.3 is 17.9 Å². The highest BCUT2D eigenvalue weighted by molar-refractivity contribution is 6.12. The molecule has 71 heavy (non-hydrogen) atoms. The van der Waals surface area contributed by atoms with Gasteiger partial charge in [0.25, 0.3) is 0 Å². The zero-order chi connectivity index (χ0) is 49.2. The third-order valence-corrected chi connectivity index (χ3v) is 14.2. The van der Waals surface area contributed by atoms with Crippen LogP contribution in [0, 0.1) is 23.7 Å². The van der Waals surface area contributed by atoms with E-state index in [4.69, 9.17) is 28.4 Å². The number of amides is 2. The summed E-state index contributed by atoms with van der Waals surface area (Å²) < 4.78 is 33.3. The van der Waals surface area contributed by atoms with E-state index in [1.54, 1.807) is 35.2 Å². The molecular weight excluding hydrogens is 909 g/mol. The number of cyclic esters (lactones) is 1. The van der Waals surface area contributed by atoms with Gasteiger partial charge in [0.05, 0.1) is 38.8 Å². The van der Waals surface area contributed by atoms with Gasteiger partial charge < -0.3 is 43.7 Å². The molecule has 5 aromatic carbocycles. The smallest absolute Gasteiger partial charge is 0.324 e. The number of anilines is 1. The molecule has 2 N–H and O–H groups in total. The maximum atomic E-state index is 16.1. The summed E-state index contributed by atoms with van der Waals surface area (Å²) in [5.41, 5.74) is 2.71. The third kappa shape index (κ3) is 8.60. The standard InChI is InChI=1S/C55H52N4O12/c1-66-51(62)40(52(63)67-2)15-9-10-34-16-22-42-41(30-34)55(54(65)56-42)45(50(61)58-26-24-57(25-27-58)32-35-17-23-43-44(31-35)70-33-69-43)47-53(64)71-48(37-13-7-4-8-14-37)46(36-11-5-3-6-12-36)59(47)49(55)38-18-20-39(21-19-38)68-29-28-60/h3-8,11-14,16-23,30-31,40,45-49,60H,15,24-29,32-33H2,1-2H3,(H,56,65)/t45-,46-,47-,48+,49+,55-/m0/s1. The van der Waals surface area contributed by atoms with Crippen molar-refractivity contribution in [1.29, 1.82) is 0 Å². The Morgan fingerprint density at radius 2 is 1.48 bits per heavy atom. The Bertz CT molecular complexity index is 2880. The van der Waals surface area contributed by atoms with Crippen LogP contribution < -0.4 is 19.5 Å². The molecule has 5 aliphatic heterocycles. The zero-order valence-corrected chi connectivity index (χ0v) is 39.2. The lowest BCUT2D eigenvalue weighted by atomic mass is 9.65. The molecular formula is C55H52N4O12. The van der Waals surface area contributed by atoms with Crippen molar-refractivity contribution in [3.05, 3.63) is 155 Å². The molecule has 16 heteroatoms. The van der Waals surface area contributed by atoms with Crippen molar-refractivity contribution < 1.29 is 57.5 Å². The average Bonchev–Trinajstić information content (AvgIpc) is 4.09. The summed E-state index contributed by atoms with van der Waals surface area (Å²) in [6, 6.07) is 34.4. The Labute approximate surface area is 410 Å². The summed E-state index contributed by atoms with van der Waals surface area (Å²) in [7, 11) is 2.35. The topological polar surface area (TPSA) is 183 Å². The lowest BCUT2D eigenvalue weighted by molar-refractivity contribution is -0.179. The lowest BCUT2D eigenvalue weighted by Crippen LogP contribution is -2.58. The molecule has 364 valence electrons. The number of carbonyl (C=O) groups excluding carboxylic acids is 5. The molecule has 2 amide bonds. The molecule has 5 aliphatic rings. The van der Waals surface area contributed by atoms with Gasteiger partial charge in [-0.1, -0.05) is 90.7 Å². The van der Waals surface area contributed by atoms with Crippen LogP contribution in [0.5, 0.6) is 17.2 Å². The number of fused-ring (bicyclic) bond motifs is 4. The zero-order valence-electron chi connectivity index (χ0n) is 39.2. The maximum absolute atomic E-state index is 16.1. The van der Waals surface area contributed by atoms with Crippen molar-refractivity contribution in [2.75, 3.05) is 65.7 Å². The number of hydrogen-bond donors (Lipinski definition) is 2. The predicted octanol–water partition coefficient (Wildman–Crippen LogP) is 5.11. The minimum atomic E-state index is -1.79. The number of esters is 3. The first-order valence-corrected chi connectivity index (χ1v) is 23.6. The summed E-state index contributed by atoms with van der Waals surface area (Å²) >= 11 is 0. The third-order valence-electron chi connectivity index (χ3n) is 14.2. The largest absolute Gasteiger partial charge is 0.491 e. The van der Waals surface area contributed by atoms with Crippen LogP contribution in [0.1, 0.15) is 58.0 Å². The van der Waals surface area contributed by atoms with Crippen molar-refractivity contribution >= 4 is 35.4 Å². The summed E-state index contributed by atoms with van der Waals surface area (Å²) in [6.45, 7) is 2.29. The van der Waals surface area contributed by atoms with E-state index in [1.807, 2.05) is 95.9 Å². The van der Waals surface area contributed by atoms with Crippen LogP contribution in [0.2, 0.25) is 0 Å². The van der Waals surface area contributed by atoms with Gasteiger partial charge in [0.1, 0.15) is 29.9 Å². The minimum Gasteiger partial charge on any atom is -0.491 e. The van der Waals surface area contributed by atoms with Gasteiger partial charge in [-0.3, -0.25) is 33.8 Å². The fraction of sp³-hybridized carbons (Fsp3) is 0.327. The molecule has 6 atom stereocenters. The molecule has 3 saturated heterocycles. The number of ether oxygens (including phenoxy) is 6. The van der Waals surface area contributed by atoms with Crippen LogP contribution in [-0.2, 0) is 50.1 Å². The highest BCUT2D eigenvalue weighted by Crippen LogP contribution is 2.65. The Morgan fingerprint density at radius 1 is 0.789 bits per heavy atom. The molecule has 0 unspecified atom stereocenters. The monoisotopic (exact) mass is 960 g/mol. The van der Waals surface area contributed by atoms with Crippen molar-refractivity contribution in [2.45, 2.75) is 42.6 Å². The molecule has 10 rings (SSSR count). The quantitative estimate of drug-likeness (QED) is 0.0729. The van der Waals surface area contributed by atoms with E-state index in [0.717, 1.165) is 16.7 Å². The summed E-state index contributed by atoms with van der Waals surface area (Å²) in [5, 5.41) is 12.7. The Balaban J connectivity index is 1.13. The minimum absolute atomic E-state index is 0.0573. The van der Waals surface area contributed by atoms with Gasteiger partial charge in [0.15, 0.2) is 17.4 Å². The Kier molecular flexibility index (Phi) is 13.2. The van der Waals surface area contributed by atoms with Crippen molar-refractivity contribution in [3.63, 3.8) is 0 Å². The number of methoxy groups -OCH3 is 2. The van der Waals surface area contributed by atoms with E-state index in [-0.39, 0.29) is 32.3 Å². The average molecular weight is 961 g/mol. The van der Waals surface area contributed by atoms with E-state index < -0.39 is 65.3 Å². The number of carbonyl (C=O) groups is 5. The number of nitrogens with one attached hydrogen (secondary N) is 1. The highest BCUT2D eigenvalue weighted by Gasteiger charge is 2.74. The molecule has 16 nitrogen and oxygen atoms in total. The first-order chi connectivity index (χ1) is 34.6. The number of aliphatic hydroxyl groups is 1. The molecule has 5 aromatic rings. The number of hydrogen-bond acceptors (Lipinski definition) is 14. The molecule has 1 spiro atoms. The fourth-order valence-electron chi connectivity index (χ4n) is 11.0. The summed E-state index contributed by atoms with van der Waals surface area (Å²) in [6.07, 6.45) is -1.07. The van der Waals surface area contributed by atoms with Crippen LogP contribution in [-0.4, -0.2) is 116 Å². The van der Waals surface area contributed by atoms with Gasteiger partial charge in [-0.2, -0.15) is 0 Å². The van der Waals surface area contributed by atoms with E-state index >= 15 is 14.4 Å². The van der Waals surface area contributed by atoms with Gasteiger partial charge in [0.2, 0.25) is 18.6 Å². The van der Waals surface area contributed by atoms with Crippen molar-refractivity contribution in [3.8, 4) is 29.1 Å². The van der Waals surface area contributed by atoms with Crippen LogP contribution in [0.3, 0.4) is 0 Å². The first-order valence-electron chi connectivity index (χ1n) is 23.6. The van der Waals surface area contributed by atoms with E-state index in [0.29, 0.717) is 72.4 Å². The number of nitrogens with zero attached hydrogens (tertiary/aromatic N) is 3. The Hall–Kier alpha value is -7.71. The second kappa shape index (κ2) is 20.0. The SMILES string of the molecule is COC(=O)C(CC#Cc1ccc2c(c1)[C@]1(C(=O)N2)[C@H](C(=O)N2CCN(Cc3ccc4c(c3)OCO4)CC2)[C@H]2C(=O)O[C@H](c3ccccc3)[C@H](c3ccccc3)N2[C@@H]1c1ccc(OCCO)cc1)C(=O)OC. The number of morpholine rings is 1. The second-order valence-electron chi connectivity index (χ2n) is 18.0. The van der Waals surface area contributed by atoms with Crippen molar-refractivity contribution in [2.24, 2.45) is 11.8 Å². The predicted molar refractivity (Wildman–Crippen MR) is 256 cm³/mol. The van der Waals surface area contributed by atoms with Crippen LogP contribution >= 0.6 is 0 Å². The van der Waals surface area contributed by atoms with Gasteiger partial charge in [-0.05, 0) is 70.3 Å². The van der Waals surface area contributed by atoms with E-state index in [2.05, 4.69) is 22.1 Å². The lowest BCUT2D eigenvalue weighted by Gasteiger charge is -2.46. The molecule has 0 saturated carbocycles. The maximum Gasteiger partial charge on any atom is 0.324 e. The van der Waals surface area contributed by atoms with Gasteiger partial charge in [-0.25, -0.2) is 0 Å². The Morgan fingerprint density at radius 3 is 2.17 bits per heavy atom. The van der Waals surface area contributed by atoms with Crippen LogP contribution in [0.15, 0.2) is 121 Å². The summed E-state index contributed by atoms with van der Waals surface area (Å²) in [4.78, 5) is 78.4. The second-order valence-corrected chi connectivity index (χ2v) is 18.0. The van der Waals surface area contributed by atoms with E-state index in [1.165, 1.54) is 14.2 Å². The molecule has 0 aliphatic carbocycles. The fourth-order valence-corrected chi connectivity index (χ4v) is 11.0. The van der Waals surface area contributed by atoms with Crippen molar-refractivity contribution in [1.82, 2.24) is 14.7 Å². The van der Waals surface area contributed by atoms with Crippen LogP contribution in [0.25, 0.3) is 0 Å². The van der Waals surface area contributed by atoms with Gasteiger partial charge in [0, 0.05) is 50.4 Å². The van der Waals surface area contributed by atoms with Crippen LogP contribution in [0.4, 0.5) is 5.69 Å². The molecule has 0 bridgehead atoms.